The van der Waals surface area contributed by atoms with E-state index in [1.807, 2.05) is 60.7 Å². The molecule has 5 nitrogen and oxygen atoms in total. The lowest BCUT2D eigenvalue weighted by molar-refractivity contribution is 0.145. The quantitative estimate of drug-likeness (QED) is 0.387. The maximum Gasteiger partial charge on any atom is 0.511 e. The number of carboxylic acid groups (broad SMARTS) is 1. The highest BCUT2D eigenvalue weighted by molar-refractivity contribution is 9.10. The number of hydrogen-bond acceptors (Lipinski definition) is 4. The number of rotatable bonds is 3. The number of anilines is 1. The van der Waals surface area contributed by atoms with Gasteiger partial charge in [0.25, 0.3) is 0 Å². The molecule has 0 fully saturated rings. The molecule has 0 radical (unpaired) electrons. The predicted molar refractivity (Wildman–Crippen MR) is 113 cm³/mol. The third kappa shape index (κ3) is 3.42. The summed E-state index contributed by atoms with van der Waals surface area (Å²) in [7, 11) is 0. The summed E-state index contributed by atoms with van der Waals surface area (Å²) in [6, 6.07) is 23.2. The van der Waals surface area contributed by atoms with Gasteiger partial charge in [0.15, 0.2) is 5.75 Å². The maximum atomic E-state index is 11.2. The van der Waals surface area contributed by atoms with Crippen LogP contribution in [0.3, 0.4) is 0 Å². The number of aromatic nitrogens is 1. The van der Waals surface area contributed by atoms with Crippen molar-refractivity contribution in [1.29, 1.82) is 0 Å². The van der Waals surface area contributed by atoms with Crippen LogP contribution in [0.25, 0.3) is 33.3 Å². The Balaban J connectivity index is 1.85. The lowest BCUT2D eigenvalue weighted by Crippen LogP contribution is -2.07. The van der Waals surface area contributed by atoms with Crippen LogP contribution in [-0.2, 0) is 0 Å². The molecule has 0 unspecified atom stereocenters. The molecule has 0 aliphatic heterocycles. The summed E-state index contributed by atoms with van der Waals surface area (Å²) < 4.78 is 5.77. The van der Waals surface area contributed by atoms with E-state index in [-0.39, 0.29) is 11.4 Å². The van der Waals surface area contributed by atoms with E-state index in [2.05, 4.69) is 20.9 Å². The van der Waals surface area contributed by atoms with E-state index in [4.69, 9.17) is 15.6 Å². The molecule has 0 amide bonds. The highest BCUT2D eigenvalue weighted by Crippen LogP contribution is 2.39. The van der Waals surface area contributed by atoms with Gasteiger partial charge in [-0.1, -0.05) is 70.5 Å². The second-order valence-corrected chi connectivity index (χ2v) is 7.09. The average molecular weight is 435 g/mol. The molecule has 0 spiro atoms. The Bertz CT molecular complexity index is 1180. The van der Waals surface area contributed by atoms with Crippen LogP contribution in [0, 0.1) is 0 Å². The van der Waals surface area contributed by atoms with Crippen molar-refractivity contribution in [2.24, 2.45) is 0 Å². The van der Waals surface area contributed by atoms with E-state index in [1.54, 1.807) is 12.1 Å². The van der Waals surface area contributed by atoms with Gasteiger partial charge >= 0.3 is 6.16 Å². The van der Waals surface area contributed by atoms with Crippen molar-refractivity contribution < 1.29 is 14.6 Å². The van der Waals surface area contributed by atoms with E-state index in [9.17, 15) is 4.79 Å². The molecule has 0 bridgehead atoms. The molecule has 1 heterocycles. The molecule has 0 aliphatic rings. The van der Waals surface area contributed by atoms with Crippen molar-refractivity contribution in [1.82, 2.24) is 4.98 Å². The average Bonchev–Trinajstić information content (AvgIpc) is 2.71. The number of nitrogens with zero attached hydrogens (tertiary/aromatic N) is 1. The number of halogens is 1. The Morgan fingerprint density at radius 2 is 1.57 bits per heavy atom. The van der Waals surface area contributed by atoms with Gasteiger partial charge in [-0.3, -0.25) is 0 Å². The van der Waals surface area contributed by atoms with E-state index < -0.39 is 6.16 Å². The van der Waals surface area contributed by atoms with Gasteiger partial charge in [-0.15, -0.1) is 0 Å². The van der Waals surface area contributed by atoms with E-state index in [0.29, 0.717) is 16.6 Å². The van der Waals surface area contributed by atoms with Crippen molar-refractivity contribution in [3.8, 4) is 28.1 Å². The van der Waals surface area contributed by atoms with Crippen molar-refractivity contribution in [3.05, 3.63) is 77.3 Å². The molecule has 6 heteroatoms. The molecular formula is C22H15BrN2O3. The molecule has 4 aromatic rings. The monoisotopic (exact) mass is 434 g/mol. The Kier molecular flexibility index (Phi) is 4.71. The van der Waals surface area contributed by atoms with Gasteiger partial charge in [0.05, 0.1) is 11.2 Å². The van der Waals surface area contributed by atoms with E-state index in [0.717, 1.165) is 21.2 Å². The molecule has 4 rings (SSSR count). The van der Waals surface area contributed by atoms with Gasteiger partial charge in [-0.05, 0) is 29.3 Å². The molecule has 0 atom stereocenters. The number of fused-ring (bicyclic) bond motifs is 1. The number of hydrogen-bond donors (Lipinski definition) is 2. The van der Waals surface area contributed by atoms with Crippen LogP contribution in [0.4, 0.5) is 10.5 Å². The molecule has 28 heavy (non-hydrogen) atoms. The van der Waals surface area contributed by atoms with Crippen LogP contribution in [0.5, 0.6) is 5.75 Å². The first-order valence-corrected chi connectivity index (χ1v) is 9.27. The SMILES string of the molecule is Nc1c(-c2ccc(-c3ccccc3)cc2)nc2ccc(Br)cc2c1OC(=O)O. The summed E-state index contributed by atoms with van der Waals surface area (Å²) in [5.74, 6) is 0.0842. The Labute approximate surface area is 169 Å². The minimum Gasteiger partial charge on any atom is -0.449 e. The topological polar surface area (TPSA) is 85.4 Å². The van der Waals surface area contributed by atoms with Crippen LogP contribution in [0.1, 0.15) is 0 Å². The van der Waals surface area contributed by atoms with Gasteiger partial charge in [0.2, 0.25) is 0 Å². The Hall–Kier alpha value is -3.38. The molecule has 138 valence electrons. The first kappa shape index (κ1) is 18.0. The van der Waals surface area contributed by atoms with Crippen LogP contribution in [-0.4, -0.2) is 16.2 Å². The largest absolute Gasteiger partial charge is 0.511 e. The third-order valence-electron chi connectivity index (χ3n) is 4.39. The van der Waals surface area contributed by atoms with Crippen molar-refractivity contribution in [3.63, 3.8) is 0 Å². The molecule has 1 aromatic heterocycles. The number of nitrogen functional groups attached to an aromatic ring is 1. The molecule has 0 saturated carbocycles. The zero-order chi connectivity index (χ0) is 19.7. The lowest BCUT2D eigenvalue weighted by Gasteiger charge is -2.13. The summed E-state index contributed by atoms with van der Waals surface area (Å²) >= 11 is 3.38. The van der Waals surface area contributed by atoms with Crippen LogP contribution < -0.4 is 10.5 Å². The summed E-state index contributed by atoms with van der Waals surface area (Å²) in [5.41, 5.74) is 10.5. The van der Waals surface area contributed by atoms with Gasteiger partial charge in [0.1, 0.15) is 5.69 Å². The number of ether oxygens (including phenoxy) is 1. The minimum atomic E-state index is -1.43. The van der Waals surface area contributed by atoms with E-state index in [1.165, 1.54) is 0 Å². The summed E-state index contributed by atoms with van der Waals surface area (Å²) in [5, 5.41) is 9.66. The van der Waals surface area contributed by atoms with Crippen LogP contribution >= 0.6 is 15.9 Å². The molecule has 0 saturated heterocycles. The van der Waals surface area contributed by atoms with Crippen molar-refractivity contribution >= 4 is 38.7 Å². The number of pyridine rings is 1. The zero-order valence-corrected chi connectivity index (χ0v) is 16.2. The van der Waals surface area contributed by atoms with E-state index >= 15 is 0 Å². The van der Waals surface area contributed by atoms with Crippen molar-refractivity contribution in [2.75, 3.05) is 5.73 Å². The second-order valence-electron chi connectivity index (χ2n) is 6.18. The smallest absolute Gasteiger partial charge is 0.449 e. The Morgan fingerprint density at radius 3 is 2.25 bits per heavy atom. The fourth-order valence-electron chi connectivity index (χ4n) is 3.09. The minimum absolute atomic E-state index is 0.0842. The molecule has 0 aliphatic carbocycles. The maximum absolute atomic E-state index is 11.2. The zero-order valence-electron chi connectivity index (χ0n) is 14.6. The lowest BCUT2D eigenvalue weighted by atomic mass is 10.0. The highest BCUT2D eigenvalue weighted by atomic mass is 79.9. The van der Waals surface area contributed by atoms with Gasteiger partial charge in [0, 0.05) is 15.4 Å². The predicted octanol–water partition coefficient (Wildman–Crippen LogP) is 5.97. The summed E-state index contributed by atoms with van der Waals surface area (Å²) in [6.45, 7) is 0. The van der Waals surface area contributed by atoms with Crippen molar-refractivity contribution in [2.45, 2.75) is 0 Å². The standard InChI is InChI=1S/C22H15BrN2O3/c23-16-10-11-18-17(12-16)21(28-22(26)27)19(24)20(25-18)15-8-6-14(7-9-15)13-4-2-1-3-5-13/h1-12H,24H2,(H,26,27). The Morgan fingerprint density at radius 1 is 0.929 bits per heavy atom. The number of carbonyl (C=O) groups is 1. The normalized spacial score (nSPS) is 10.8. The van der Waals surface area contributed by atoms with Gasteiger partial charge in [-0.25, -0.2) is 9.78 Å². The second kappa shape index (κ2) is 7.32. The van der Waals surface area contributed by atoms with Gasteiger partial charge < -0.3 is 15.6 Å². The first-order chi connectivity index (χ1) is 13.5. The molecular weight excluding hydrogens is 420 g/mol. The van der Waals surface area contributed by atoms with Crippen LogP contribution in [0.15, 0.2) is 77.3 Å². The van der Waals surface area contributed by atoms with Crippen LogP contribution in [0.2, 0.25) is 0 Å². The highest BCUT2D eigenvalue weighted by Gasteiger charge is 2.18. The molecule has 3 aromatic carbocycles. The third-order valence-corrected chi connectivity index (χ3v) is 4.88. The summed E-state index contributed by atoms with van der Waals surface area (Å²) in [6.07, 6.45) is -1.43. The number of benzene rings is 3. The summed E-state index contributed by atoms with van der Waals surface area (Å²) in [4.78, 5) is 15.8. The molecule has 3 N–H and O–H groups in total. The number of nitrogens with two attached hydrogens (primary N) is 1. The van der Waals surface area contributed by atoms with Gasteiger partial charge in [-0.2, -0.15) is 0 Å². The fourth-order valence-corrected chi connectivity index (χ4v) is 3.45. The fraction of sp³-hybridized carbons (Fsp3) is 0. The first-order valence-electron chi connectivity index (χ1n) is 8.48.